The van der Waals surface area contributed by atoms with Crippen LogP contribution in [0.5, 0.6) is 5.75 Å². The number of aliphatic hydroxyl groups is 1. The highest BCUT2D eigenvalue weighted by molar-refractivity contribution is 7.13. The van der Waals surface area contributed by atoms with Crippen LogP contribution in [0.1, 0.15) is 89.8 Å². The molecule has 254 valence electrons. The number of rotatable bonds is 16. The number of hydrogen-bond donors (Lipinski definition) is 3. The molecule has 2 fully saturated rings. The largest absolute Gasteiger partial charge is 0.493 e. The number of aliphatic hydroxyl groups excluding tert-OH is 1. The first kappa shape index (κ1) is 36.1. The van der Waals surface area contributed by atoms with Gasteiger partial charge in [0.05, 0.1) is 28.8 Å². The van der Waals surface area contributed by atoms with Crippen molar-refractivity contribution in [3.63, 3.8) is 0 Å². The van der Waals surface area contributed by atoms with Gasteiger partial charge in [-0.25, -0.2) is 9.37 Å². The van der Waals surface area contributed by atoms with Crippen molar-refractivity contribution in [2.75, 3.05) is 19.0 Å². The van der Waals surface area contributed by atoms with Crippen molar-refractivity contribution in [3.05, 3.63) is 35.0 Å². The van der Waals surface area contributed by atoms with Crippen molar-refractivity contribution in [2.24, 2.45) is 5.41 Å². The van der Waals surface area contributed by atoms with Gasteiger partial charge in [0.1, 0.15) is 17.8 Å². The van der Waals surface area contributed by atoms with Gasteiger partial charge < -0.3 is 25.4 Å². The highest BCUT2D eigenvalue weighted by Gasteiger charge is 2.53. The molecule has 1 aromatic carbocycles. The van der Waals surface area contributed by atoms with Crippen molar-refractivity contribution in [1.29, 1.82) is 0 Å². The number of β-amino-alcohol motifs (C(OH)–C–C–N with tert-alkyl or cyclic N) is 1. The van der Waals surface area contributed by atoms with Gasteiger partial charge in [0.15, 0.2) is 5.67 Å². The molecule has 3 amide bonds. The molecular weight excluding hydrogens is 631 g/mol. The summed E-state index contributed by atoms with van der Waals surface area (Å²) in [5.41, 5.74) is 1.82. The van der Waals surface area contributed by atoms with E-state index in [0.29, 0.717) is 18.2 Å². The molecule has 2 aliphatic rings. The van der Waals surface area contributed by atoms with E-state index in [1.807, 2.05) is 30.6 Å². The average molecular weight is 679 g/mol. The molecule has 0 radical (unpaired) electrons. The van der Waals surface area contributed by atoms with E-state index < -0.39 is 47.0 Å². The molecule has 1 saturated carbocycles. The third-order valence-electron chi connectivity index (χ3n) is 8.66. The van der Waals surface area contributed by atoms with Crippen LogP contribution in [0.3, 0.4) is 0 Å². The predicted octanol–water partition coefficient (Wildman–Crippen LogP) is 5.69. The monoisotopic (exact) mass is 678 g/mol. The minimum absolute atomic E-state index is 0.0523. The summed E-state index contributed by atoms with van der Waals surface area (Å²) in [5.74, 6) is -0.374. The minimum atomic E-state index is -1.94. The maximum atomic E-state index is 14.5. The van der Waals surface area contributed by atoms with E-state index in [1.54, 1.807) is 32.1 Å². The number of thiazole rings is 1. The predicted molar refractivity (Wildman–Crippen MR) is 179 cm³/mol. The molecule has 1 saturated heterocycles. The molecule has 0 spiro atoms. The van der Waals surface area contributed by atoms with Gasteiger partial charge in [-0.15, -0.1) is 22.9 Å². The Bertz CT molecular complexity index is 1360. The van der Waals surface area contributed by atoms with Crippen LogP contribution >= 0.6 is 22.9 Å². The van der Waals surface area contributed by atoms with Gasteiger partial charge in [0, 0.05) is 31.0 Å². The quantitative estimate of drug-likeness (QED) is 0.155. The van der Waals surface area contributed by atoms with Crippen LogP contribution in [0.25, 0.3) is 10.4 Å². The van der Waals surface area contributed by atoms with E-state index in [9.17, 15) is 23.9 Å². The molecule has 2 heterocycles. The van der Waals surface area contributed by atoms with Crippen molar-refractivity contribution in [1.82, 2.24) is 20.5 Å². The number of unbranched alkanes of at least 4 members (excludes halogenated alkanes) is 5. The lowest BCUT2D eigenvalue weighted by Crippen LogP contribution is -2.59. The van der Waals surface area contributed by atoms with Crippen LogP contribution in [0.2, 0.25) is 0 Å². The third-order valence-corrected chi connectivity index (χ3v) is 9.91. The molecule has 46 heavy (non-hydrogen) atoms. The fraction of sp³-hybridized carbons (Fsp3) is 0.647. The highest BCUT2D eigenvalue weighted by atomic mass is 35.5. The van der Waals surface area contributed by atoms with E-state index in [-0.39, 0.29) is 32.4 Å². The Labute approximate surface area is 280 Å². The summed E-state index contributed by atoms with van der Waals surface area (Å²) in [6, 6.07) is 3.89. The van der Waals surface area contributed by atoms with Crippen LogP contribution in [0, 0.1) is 12.3 Å². The summed E-state index contributed by atoms with van der Waals surface area (Å²) in [7, 11) is 0. The molecule has 12 heteroatoms. The first-order valence-corrected chi connectivity index (χ1v) is 17.7. The van der Waals surface area contributed by atoms with E-state index in [0.717, 1.165) is 60.2 Å². The third kappa shape index (κ3) is 9.41. The Hall–Kier alpha value is -2.76. The zero-order valence-electron chi connectivity index (χ0n) is 27.4. The number of ether oxygens (including phenoxy) is 1. The first-order valence-electron chi connectivity index (χ1n) is 16.3. The number of carbonyl (C=O) groups is 3. The number of benzene rings is 1. The second-order valence-corrected chi connectivity index (χ2v) is 14.8. The summed E-state index contributed by atoms with van der Waals surface area (Å²) in [6.07, 6.45) is 5.83. The van der Waals surface area contributed by atoms with Gasteiger partial charge in [0.2, 0.25) is 11.8 Å². The Balaban J connectivity index is 1.43. The summed E-state index contributed by atoms with van der Waals surface area (Å²) in [5, 5.41) is 16.0. The number of nitrogens with zero attached hydrogens (tertiary/aromatic N) is 2. The Morgan fingerprint density at radius 1 is 1.17 bits per heavy atom. The Morgan fingerprint density at radius 2 is 1.87 bits per heavy atom. The van der Waals surface area contributed by atoms with Crippen LogP contribution < -0.4 is 15.4 Å². The van der Waals surface area contributed by atoms with Crippen LogP contribution in [0.4, 0.5) is 4.39 Å². The molecule has 0 bridgehead atoms. The number of aromatic nitrogens is 1. The lowest BCUT2D eigenvalue weighted by atomic mass is 9.85. The second-order valence-electron chi connectivity index (χ2n) is 13.6. The number of halogens is 2. The number of likely N-dealkylation sites (tertiary alicyclic amines) is 1. The molecule has 4 rings (SSSR count). The van der Waals surface area contributed by atoms with Crippen LogP contribution in [0.15, 0.2) is 23.7 Å². The molecule has 2 aromatic rings. The summed E-state index contributed by atoms with van der Waals surface area (Å²) < 4.78 is 20.7. The average Bonchev–Trinajstić information content (AvgIpc) is 3.42. The normalized spacial score (nSPS) is 19.5. The van der Waals surface area contributed by atoms with Crippen LogP contribution in [-0.2, 0) is 20.9 Å². The molecule has 1 aliphatic carbocycles. The van der Waals surface area contributed by atoms with Crippen molar-refractivity contribution in [3.8, 4) is 16.2 Å². The van der Waals surface area contributed by atoms with Gasteiger partial charge in [-0.1, -0.05) is 58.6 Å². The fourth-order valence-electron chi connectivity index (χ4n) is 5.66. The molecule has 9 nitrogen and oxygen atoms in total. The lowest BCUT2D eigenvalue weighted by molar-refractivity contribution is -0.145. The van der Waals surface area contributed by atoms with Gasteiger partial charge in [0.25, 0.3) is 5.91 Å². The van der Waals surface area contributed by atoms with E-state index in [1.165, 1.54) is 4.90 Å². The fourth-order valence-corrected chi connectivity index (χ4v) is 6.65. The minimum Gasteiger partial charge on any atom is -0.493 e. The van der Waals surface area contributed by atoms with Gasteiger partial charge in [-0.3, -0.25) is 14.4 Å². The SMILES string of the molecule is Cc1ncsc1-c1ccc(CNC(=O)[C@@H]2C[C@@H](O)CN2C(=O)[C@@H](NC(=O)C2(F)CC2)C(C)(C)C)c(OCCCCCCCCCl)c1. The van der Waals surface area contributed by atoms with Crippen molar-refractivity contribution < 1.29 is 28.6 Å². The second kappa shape index (κ2) is 15.9. The first-order chi connectivity index (χ1) is 21.8. The summed E-state index contributed by atoms with van der Waals surface area (Å²) in [6.45, 7) is 7.93. The molecule has 1 aromatic heterocycles. The molecule has 3 atom stereocenters. The number of amides is 3. The Morgan fingerprint density at radius 3 is 2.50 bits per heavy atom. The van der Waals surface area contributed by atoms with Gasteiger partial charge in [-0.2, -0.15) is 0 Å². The topological polar surface area (TPSA) is 121 Å². The molecule has 1 aliphatic heterocycles. The smallest absolute Gasteiger partial charge is 0.258 e. The summed E-state index contributed by atoms with van der Waals surface area (Å²) in [4.78, 5) is 46.6. The van der Waals surface area contributed by atoms with E-state index in [4.69, 9.17) is 16.3 Å². The number of aryl methyl sites for hydroxylation is 1. The van der Waals surface area contributed by atoms with E-state index >= 15 is 0 Å². The maximum absolute atomic E-state index is 14.5. The lowest BCUT2D eigenvalue weighted by Gasteiger charge is -2.35. The Kier molecular flexibility index (Phi) is 12.5. The molecule has 3 N–H and O–H groups in total. The molecule has 0 unspecified atom stereocenters. The van der Waals surface area contributed by atoms with Crippen LogP contribution in [-0.4, -0.2) is 75.6 Å². The van der Waals surface area contributed by atoms with Gasteiger partial charge in [-0.05, 0) is 49.7 Å². The number of hydrogen-bond acceptors (Lipinski definition) is 7. The molecular formula is C34H48ClFN4O5S. The number of alkyl halides is 2. The maximum Gasteiger partial charge on any atom is 0.258 e. The van der Waals surface area contributed by atoms with Crippen molar-refractivity contribution >= 4 is 40.7 Å². The number of nitrogens with one attached hydrogen (secondary N) is 2. The number of carbonyl (C=O) groups excluding carboxylic acids is 3. The van der Waals surface area contributed by atoms with E-state index in [2.05, 4.69) is 15.6 Å². The standard InChI is InChI=1S/C34H48ClFN4O5S/c1-22-28(46-21-38-22)23-11-12-24(27(17-23)45-16-10-8-6-5-7-9-15-35)19-37-30(42)26-18-25(41)20-40(26)31(43)29(33(2,3)4)39-32(44)34(36)13-14-34/h11-12,17,21,25-26,29,41H,5-10,13-16,18-20H2,1-4H3,(H,37,42)(H,39,44)/t25-,26+,29-/m1/s1. The summed E-state index contributed by atoms with van der Waals surface area (Å²) >= 11 is 7.33. The van der Waals surface area contributed by atoms with Gasteiger partial charge >= 0.3 is 0 Å². The van der Waals surface area contributed by atoms with Crippen molar-refractivity contribution in [2.45, 2.75) is 116 Å². The zero-order valence-corrected chi connectivity index (χ0v) is 28.9. The zero-order chi connectivity index (χ0) is 33.5. The highest BCUT2D eigenvalue weighted by Crippen LogP contribution is 2.40.